The lowest BCUT2D eigenvalue weighted by Crippen LogP contribution is -2.28. The molecule has 3 aromatic heterocycles. The second-order valence-electron chi connectivity index (χ2n) is 7.13. The Kier molecular flexibility index (Phi) is 5.86. The Morgan fingerprint density at radius 2 is 2.09 bits per heavy atom. The lowest BCUT2D eigenvalue weighted by Gasteiger charge is -2.19. The molecule has 1 amide bonds. The normalized spacial score (nSPS) is 15.9. The summed E-state index contributed by atoms with van der Waals surface area (Å²) in [5.74, 6) is 1.43. The van der Waals surface area contributed by atoms with Crippen molar-refractivity contribution in [1.29, 1.82) is 0 Å². The predicted octanol–water partition coefficient (Wildman–Crippen LogP) is 5.26. The Bertz CT molecular complexity index is 1270. The number of hydrazone groups is 1. The zero-order valence-corrected chi connectivity index (χ0v) is 19.4. The standard InChI is InChI=1S/C22H18ClN5O2S2/c1-27-21(14-6-2-3-7-15(14)23)24-25-22(27)32-13-20(29)28-17(18-8-4-10-30-18)12-16(26-28)19-9-5-11-31-19/h2-11,17H,12-13H2,1H3. The first kappa shape index (κ1) is 21.0. The van der Waals surface area contributed by atoms with Crippen molar-refractivity contribution in [3.63, 3.8) is 0 Å². The summed E-state index contributed by atoms with van der Waals surface area (Å²) in [4.78, 5) is 14.2. The number of hydrogen-bond acceptors (Lipinski definition) is 7. The fraction of sp³-hybridized carbons (Fsp3) is 0.182. The van der Waals surface area contributed by atoms with E-state index in [1.165, 1.54) is 16.8 Å². The van der Waals surface area contributed by atoms with Gasteiger partial charge < -0.3 is 8.98 Å². The average molecular weight is 484 g/mol. The van der Waals surface area contributed by atoms with Gasteiger partial charge in [-0.2, -0.15) is 5.10 Å². The van der Waals surface area contributed by atoms with Gasteiger partial charge in [0.2, 0.25) is 0 Å². The summed E-state index contributed by atoms with van der Waals surface area (Å²) < 4.78 is 7.44. The molecule has 1 unspecified atom stereocenters. The summed E-state index contributed by atoms with van der Waals surface area (Å²) in [7, 11) is 1.86. The first-order chi connectivity index (χ1) is 15.6. The van der Waals surface area contributed by atoms with Gasteiger partial charge in [-0.25, -0.2) is 5.01 Å². The van der Waals surface area contributed by atoms with Crippen molar-refractivity contribution >= 4 is 46.3 Å². The minimum absolute atomic E-state index is 0.120. The molecule has 0 N–H and O–H groups in total. The topological polar surface area (TPSA) is 76.5 Å². The highest BCUT2D eigenvalue weighted by atomic mass is 35.5. The molecule has 32 heavy (non-hydrogen) atoms. The van der Waals surface area contributed by atoms with Crippen molar-refractivity contribution in [2.24, 2.45) is 12.1 Å². The molecule has 1 aliphatic heterocycles. The third-order valence-electron chi connectivity index (χ3n) is 5.12. The summed E-state index contributed by atoms with van der Waals surface area (Å²) in [5, 5.41) is 17.9. The van der Waals surface area contributed by atoms with Gasteiger partial charge >= 0.3 is 0 Å². The van der Waals surface area contributed by atoms with E-state index in [4.69, 9.17) is 16.0 Å². The van der Waals surface area contributed by atoms with E-state index >= 15 is 0 Å². The fourth-order valence-electron chi connectivity index (χ4n) is 3.54. The monoisotopic (exact) mass is 483 g/mol. The van der Waals surface area contributed by atoms with Gasteiger partial charge in [-0.05, 0) is 35.7 Å². The number of furan rings is 1. The number of hydrogen-bond donors (Lipinski definition) is 0. The number of benzene rings is 1. The minimum atomic E-state index is -0.256. The maximum absolute atomic E-state index is 13.2. The van der Waals surface area contributed by atoms with E-state index in [1.54, 1.807) is 17.6 Å². The SMILES string of the molecule is Cn1c(SCC(=O)N2N=C(c3cccs3)CC2c2ccco2)nnc1-c1ccccc1Cl. The number of carbonyl (C=O) groups is 1. The molecule has 0 saturated heterocycles. The van der Waals surface area contributed by atoms with Crippen LogP contribution in [0.2, 0.25) is 5.02 Å². The highest BCUT2D eigenvalue weighted by Gasteiger charge is 2.35. The summed E-state index contributed by atoms with van der Waals surface area (Å²) >= 11 is 9.23. The van der Waals surface area contributed by atoms with Crippen LogP contribution in [0.4, 0.5) is 0 Å². The van der Waals surface area contributed by atoms with Crippen LogP contribution in [0.25, 0.3) is 11.4 Å². The quantitative estimate of drug-likeness (QED) is 0.349. The van der Waals surface area contributed by atoms with E-state index in [1.807, 2.05) is 65.5 Å². The maximum atomic E-state index is 13.2. The van der Waals surface area contributed by atoms with E-state index in [2.05, 4.69) is 15.3 Å². The highest BCUT2D eigenvalue weighted by Crippen LogP contribution is 2.35. The molecule has 0 bridgehead atoms. The van der Waals surface area contributed by atoms with E-state index in [-0.39, 0.29) is 17.7 Å². The first-order valence-electron chi connectivity index (χ1n) is 9.85. The van der Waals surface area contributed by atoms with E-state index < -0.39 is 0 Å². The third-order valence-corrected chi connectivity index (χ3v) is 7.37. The van der Waals surface area contributed by atoms with Crippen LogP contribution in [0.1, 0.15) is 23.1 Å². The summed E-state index contributed by atoms with van der Waals surface area (Å²) in [6, 6.07) is 14.9. The van der Waals surface area contributed by atoms with Crippen molar-refractivity contribution in [2.75, 3.05) is 5.75 Å². The number of carbonyl (C=O) groups excluding carboxylic acids is 1. The Morgan fingerprint density at radius 1 is 1.22 bits per heavy atom. The largest absolute Gasteiger partial charge is 0.467 e. The molecular weight excluding hydrogens is 466 g/mol. The molecule has 162 valence electrons. The number of aromatic nitrogens is 3. The molecule has 1 aromatic carbocycles. The van der Waals surface area contributed by atoms with Gasteiger partial charge in [0.1, 0.15) is 11.8 Å². The van der Waals surface area contributed by atoms with Gasteiger partial charge in [0.25, 0.3) is 5.91 Å². The lowest BCUT2D eigenvalue weighted by molar-refractivity contribution is -0.130. The molecule has 10 heteroatoms. The first-order valence-corrected chi connectivity index (χ1v) is 12.1. The molecule has 4 heterocycles. The molecule has 0 saturated carbocycles. The van der Waals surface area contributed by atoms with Crippen LogP contribution in [0.3, 0.4) is 0 Å². The van der Waals surface area contributed by atoms with E-state index in [0.717, 1.165) is 21.9 Å². The summed E-state index contributed by atoms with van der Waals surface area (Å²) in [5.41, 5.74) is 1.68. The molecule has 4 aromatic rings. The van der Waals surface area contributed by atoms with Crippen molar-refractivity contribution in [3.8, 4) is 11.4 Å². The number of rotatable bonds is 6. The average Bonchev–Trinajstić information content (AvgIpc) is 3.59. The zero-order chi connectivity index (χ0) is 22.1. The van der Waals surface area contributed by atoms with Crippen LogP contribution in [0, 0.1) is 0 Å². The number of thiophene rings is 1. The molecule has 0 spiro atoms. The smallest absolute Gasteiger partial charge is 0.253 e. The number of amides is 1. The molecule has 0 fully saturated rings. The molecule has 5 rings (SSSR count). The molecule has 1 atom stereocenters. The number of thioether (sulfide) groups is 1. The Morgan fingerprint density at radius 3 is 2.84 bits per heavy atom. The maximum Gasteiger partial charge on any atom is 0.253 e. The van der Waals surface area contributed by atoms with Gasteiger partial charge in [-0.15, -0.1) is 21.5 Å². The lowest BCUT2D eigenvalue weighted by atomic mass is 10.1. The van der Waals surface area contributed by atoms with Crippen molar-refractivity contribution in [2.45, 2.75) is 17.6 Å². The van der Waals surface area contributed by atoms with Crippen LogP contribution in [-0.2, 0) is 11.8 Å². The number of halogens is 1. The van der Waals surface area contributed by atoms with Crippen molar-refractivity contribution in [1.82, 2.24) is 19.8 Å². The van der Waals surface area contributed by atoms with Gasteiger partial charge in [0.15, 0.2) is 11.0 Å². The second-order valence-corrected chi connectivity index (χ2v) is 9.43. The predicted molar refractivity (Wildman–Crippen MR) is 126 cm³/mol. The van der Waals surface area contributed by atoms with E-state index in [0.29, 0.717) is 22.4 Å². The Hall–Kier alpha value is -2.88. The minimum Gasteiger partial charge on any atom is -0.467 e. The molecule has 7 nitrogen and oxygen atoms in total. The van der Waals surface area contributed by atoms with Gasteiger partial charge in [-0.1, -0.05) is 41.6 Å². The van der Waals surface area contributed by atoms with Gasteiger partial charge in [-0.3, -0.25) is 4.79 Å². The number of nitrogens with zero attached hydrogens (tertiary/aromatic N) is 5. The molecule has 0 radical (unpaired) electrons. The van der Waals surface area contributed by atoms with E-state index in [9.17, 15) is 4.79 Å². The molecule has 1 aliphatic rings. The van der Waals surface area contributed by atoms with Crippen LogP contribution < -0.4 is 0 Å². The fourth-order valence-corrected chi connectivity index (χ4v) is 5.25. The Balaban J connectivity index is 1.34. The summed E-state index contributed by atoms with van der Waals surface area (Å²) in [6.45, 7) is 0. The van der Waals surface area contributed by atoms with Crippen molar-refractivity contribution < 1.29 is 9.21 Å². The summed E-state index contributed by atoms with van der Waals surface area (Å²) in [6.07, 6.45) is 2.23. The third kappa shape index (κ3) is 3.99. The Labute approximate surface area is 197 Å². The second kappa shape index (κ2) is 8.93. The zero-order valence-electron chi connectivity index (χ0n) is 17.0. The highest BCUT2D eigenvalue weighted by molar-refractivity contribution is 7.99. The van der Waals surface area contributed by atoms with Gasteiger partial charge in [0, 0.05) is 19.0 Å². The van der Waals surface area contributed by atoms with Crippen LogP contribution in [-0.4, -0.2) is 37.1 Å². The van der Waals surface area contributed by atoms with Crippen LogP contribution in [0.15, 0.2) is 74.8 Å². The van der Waals surface area contributed by atoms with Gasteiger partial charge in [0.05, 0.1) is 27.6 Å². The molecule has 0 aliphatic carbocycles. The van der Waals surface area contributed by atoms with Crippen LogP contribution >= 0.6 is 34.7 Å². The van der Waals surface area contributed by atoms with Crippen LogP contribution in [0.5, 0.6) is 0 Å². The molecular formula is C22H18ClN5O2S2. The van der Waals surface area contributed by atoms with Crippen molar-refractivity contribution in [3.05, 3.63) is 75.8 Å².